The molecule has 0 radical (unpaired) electrons. The quantitative estimate of drug-likeness (QED) is 0.296. The number of halogens is 4. The molecule has 0 unspecified atom stereocenters. The molecule has 6 nitrogen and oxygen atoms in total. The van der Waals surface area contributed by atoms with E-state index in [9.17, 15) is 8.78 Å². The van der Waals surface area contributed by atoms with Crippen LogP contribution in [0.4, 0.5) is 8.78 Å². The van der Waals surface area contributed by atoms with Crippen molar-refractivity contribution < 1.29 is 18.3 Å². The summed E-state index contributed by atoms with van der Waals surface area (Å²) in [7, 11) is 4.13. The average Bonchev–Trinajstić information content (AvgIpc) is 2.66. The van der Waals surface area contributed by atoms with Crippen LogP contribution in [0.25, 0.3) is 0 Å². The lowest BCUT2D eigenvalue weighted by Gasteiger charge is -2.43. The maximum atomic E-state index is 12.6. The van der Waals surface area contributed by atoms with Gasteiger partial charge in [0, 0.05) is 42.4 Å². The van der Waals surface area contributed by atoms with Crippen LogP contribution in [0.2, 0.25) is 5.02 Å². The summed E-state index contributed by atoms with van der Waals surface area (Å²) in [5, 5.41) is 7.01. The van der Waals surface area contributed by atoms with Crippen LogP contribution < -0.4 is 15.4 Å². The van der Waals surface area contributed by atoms with Crippen LogP contribution in [-0.2, 0) is 11.3 Å². The Morgan fingerprint density at radius 3 is 2.59 bits per heavy atom. The standard InChI is InChI=1S/C19H29ClF2N4O2.HI/c1-4-23-18(25-13-19(26(2)3)7-9-27-10-8-19)24-12-14-11-15(20)5-6-16(14)28-17(21)22;/h5-6,11,17H,4,7-10,12-13H2,1-3H3,(H2,23,24,25);1H. The number of guanidine groups is 1. The average molecular weight is 547 g/mol. The minimum atomic E-state index is -2.90. The highest BCUT2D eigenvalue weighted by Gasteiger charge is 2.34. The molecule has 1 aliphatic rings. The molecule has 0 amide bonds. The summed E-state index contributed by atoms with van der Waals surface area (Å²) in [5.41, 5.74) is 0.479. The van der Waals surface area contributed by atoms with Gasteiger partial charge in [0.15, 0.2) is 5.96 Å². The van der Waals surface area contributed by atoms with Crippen LogP contribution in [0.15, 0.2) is 23.2 Å². The molecule has 2 N–H and O–H groups in total. The van der Waals surface area contributed by atoms with Crippen molar-refractivity contribution in [1.29, 1.82) is 0 Å². The number of alkyl halides is 2. The van der Waals surface area contributed by atoms with Gasteiger partial charge in [-0.1, -0.05) is 11.6 Å². The van der Waals surface area contributed by atoms with E-state index in [1.165, 1.54) is 12.1 Å². The number of aliphatic imine (C=N–C) groups is 1. The zero-order valence-corrected chi connectivity index (χ0v) is 20.1. The van der Waals surface area contributed by atoms with Crippen molar-refractivity contribution in [3.63, 3.8) is 0 Å². The molecular weight excluding hydrogens is 517 g/mol. The molecule has 0 saturated carbocycles. The normalized spacial score (nSPS) is 16.5. The molecule has 1 saturated heterocycles. The Morgan fingerprint density at radius 2 is 2.00 bits per heavy atom. The largest absolute Gasteiger partial charge is 0.434 e. The van der Waals surface area contributed by atoms with E-state index in [0.29, 0.717) is 29.6 Å². The van der Waals surface area contributed by atoms with Gasteiger partial charge in [-0.2, -0.15) is 8.78 Å². The third-order valence-corrected chi connectivity index (χ3v) is 5.18. The summed E-state index contributed by atoms with van der Waals surface area (Å²) in [6, 6.07) is 4.54. The number of nitrogens with one attached hydrogen (secondary N) is 2. The summed E-state index contributed by atoms with van der Waals surface area (Å²) in [6.45, 7) is 2.07. The second-order valence-corrected chi connectivity index (χ2v) is 7.35. The van der Waals surface area contributed by atoms with E-state index >= 15 is 0 Å². The Hall–Kier alpha value is -0.910. The first kappa shape index (κ1) is 26.1. The Balaban J connectivity index is 0.00000420. The molecule has 1 aromatic carbocycles. The van der Waals surface area contributed by atoms with Crippen molar-refractivity contribution in [2.75, 3.05) is 40.4 Å². The molecule has 1 heterocycles. The molecule has 166 valence electrons. The fraction of sp³-hybridized carbons (Fsp3) is 0.632. The van der Waals surface area contributed by atoms with Crippen LogP contribution in [0.3, 0.4) is 0 Å². The summed E-state index contributed by atoms with van der Waals surface area (Å²) >= 11 is 6.01. The zero-order valence-electron chi connectivity index (χ0n) is 17.0. The van der Waals surface area contributed by atoms with Crippen molar-refractivity contribution in [2.24, 2.45) is 4.99 Å². The first-order chi connectivity index (χ1) is 13.4. The highest BCUT2D eigenvalue weighted by Crippen LogP contribution is 2.26. The van der Waals surface area contributed by atoms with E-state index in [1.54, 1.807) is 6.07 Å². The van der Waals surface area contributed by atoms with Gasteiger partial charge in [0.25, 0.3) is 0 Å². The third-order valence-electron chi connectivity index (χ3n) is 4.95. The molecule has 2 rings (SSSR count). The Bertz CT molecular complexity index is 659. The van der Waals surface area contributed by atoms with Crippen LogP contribution >= 0.6 is 35.6 Å². The molecular formula is C19H30ClF2IN4O2. The third kappa shape index (κ3) is 8.03. The van der Waals surface area contributed by atoms with Gasteiger partial charge in [-0.3, -0.25) is 0 Å². The molecule has 0 aromatic heterocycles. The fourth-order valence-corrected chi connectivity index (χ4v) is 3.36. The molecule has 1 aromatic rings. The van der Waals surface area contributed by atoms with E-state index < -0.39 is 6.61 Å². The van der Waals surface area contributed by atoms with Gasteiger partial charge in [0.1, 0.15) is 5.75 Å². The second-order valence-electron chi connectivity index (χ2n) is 6.91. The summed E-state index contributed by atoms with van der Waals surface area (Å²) in [6.07, 6.45) is 1.85. The van der Waals surface area contributed by atoms with Crippen LogP contribution in [0.1, 0.15) is 25.3 Å². The summed E-state index contributed by atoms with van der Waals surface area (Å²) in [5.74, 6) is 0.686. The Morgan fingerprint density at radius 1 is 1.31 bits per heavy atom. The van der Waals surface area contributed by atoms with Crippen molar-refractivity contribution in [3.8, 4) is 5.75 Å². The number of likely N-dealkylation sites (N-methyl/N-ethyl adjacent to an activating group) is 1. The predicted octanol–water partition coefficient (Wildman–Crippen LogP) is 3.73. The van der Waals surface area contributed by atoms with Gasteiger partial charge >= 0.3 is 6.61 Å². The highest BCUT2D eigenvalue weighted by molar-refractivity contribution is 14.0. The van der Waals surface area contributed by atoms with Crippen molar-refractivity contribution in [3.05, 3.63) is 28.8 Å². The van der Waals surface area contributed by atoms with Gasteiger partial charge in [0.05, 0.1) is 6.54 Å². The Kier molecular flexibility index (Phi) is 11.4. The van der Waals surface area contributed by atoms with Gasteiger partial charge in [0.2, 0.25) is 0 Å². The van der Waals surface area contributed by atoms with Crippen molar-refractivity contribution >= 4 is 41.5 Å². The highest BCUT2D eigenvalue weighted by atomic mass is 127. The summed E-state index contributed by atoms with van der Waals surface area (Å²) in [4.78, 5) is 6.75. The predicted molar refractivity (Wildman–Crippen MR) is 123 cm³/mol. The van der Waals surface area contributed by atoms with Gasteiger partial charge in [-0.25, -0.2) is 4.99 Å². The first-order valence-corrected chi connectivity index (χ1v) is 9.74. The smallest absolute Gasteiger partial charge is 0.387 e. The minimum Gasteiger partial charge on any atom is -0.434 e. The van der Waals surface area contributed by atoms with Gasteiger partial charge in [-0.15, -0.1) is 24.0 Å². The van der Waals surface area contributed by atoms with Crippen LogP contribution in [-0.4, -0.2) is 63.4 Å². The number of nitrogens with zero attached hydrogens (tertiary/aromatic N) is 2. The van der Waals surface area contributed by atoms with E-state index in [1.807, 2.05) is 6.92 Å². The van der Waals surface area contributed by atoms with E-state index in [4.69, 9.17) is 16.3 Å². The van der Waals surface area contributed by atoms with Gasteiger partial charge in [-0.05, 0) is 52.1 Å². The lowest BCUT2D eigenvalue weighted by atomic mass is 9.88. The van der Waals surface area contributed by atoms with Crippen LogP contribution in [0, 0.1) is 0 Å². The van der Waals surface area contributed by atoms with Gasteiger partial charge < -0.3 is 25.0 Å². The zero-order chi connectivity index (χ0) is 20.6. The lowest BCUT2D eigenvalue weighted by Crippen LogP contribution is -2.57. The minimum absolute atomic E-state index is 0. The monoisotopic (exact) mass is 546 g/mol. The molecule has 0 spiro atoms. The van der Waals surface area contributed by atoms with E-state index in [-0.39, 0.29) is 41.8 Å². The van der Waals surface area contributed by atoms with E-state index in [2.05, 4.69) is 39.4 Å². The molecule has 1 aliphatic heterocycles. The molecule has 29 heavy (non-hydrogen) atoms. The molecule has 0 bridgehead atoms. The number of benzene rings is 1. The molecule has 1 fully saturated rings. The SMILES string of the molecule is CCNC(=NCc1cc(Cl)ccc1OC(F)F)NCC1(N(C)C)CCOCC1.I. The number of rotatable bonds is 8. The topological polar surface area (TPSA) is 58.1 Å². The summed E-state index contributed by atoms with van der Waals surface area (Å²) < 4.78 is 35.3. The number of hydrogen-bond donors (Lipinski definition) is 2. The number of ether oxygens (including phenoxy) is 2. The fourth-order valence-electron chi connectivity index (χ4n) is 3.17. The van der Waals surface area contributed by atoms with Crippen molar-refractivity contribution in [1.82, 2.24) is 15.5 Å². The van der Waals surface area contributed by atoms with E-state index in [0.717, 1.165) is 26.1 Å². The maximum absolute atomic E-state index is 12.6. The van der Waals surface area contributed by atoms with Crippen LogP contribution in [0.5, 0.6) is 5.75 Å². The molecule has 10 heteroatoms. The van der Waals surface area contributed by atoms with Crippen molar-refractivity contribution in [2.45, 2.75) is 38.5 Å². The molecule has 0 aliphatic carbocycles. The molecule has 0 atom stereocenters. The second kappa shape index (κ2) is 12.7. The number of hydrogen-bond acceptors (Lipinski definition) is 4. The Labute approximate surface area is 193 Å². The maximum Gasteiger partial charge on any atom is 0.387 e. The first-order valence-electron chi connectivity index (χ1n) is 9.37. The lowest BCUT2D eigenvalue weighted by molar-refractivity contribution is -0.0504.